The van der Waals surface area contributed by atoms with Gasteiger partial charge in [-0.25, -0.2) is 8.42 Å². The van der Waals surface area contributed by atoms with Gasteiger partial charge in [-0.2, -0.15) is 0 Å². The Hall–Kier alpha value is -2.22. The van der Waals surface area contributed by atoms with Crippen LogP contribution in [0.4, 0.5) is 5.69 Å². The lowest BCUT2D eigenvalue weighted by molar-refractivity contribution is -0.138. The summed E-state index contributed by atoms with van der Waals surface area (Å²) in [5, 5.41) is 5.27. The Morgan fingerprint density at radius 1 is 1.16 bits per heavy atom. The quantitative estimate of drug-likeness (QED) is 0.600. The van der Waals surface area contributed by atoms with Crippen molar-refractivity contribution in [3.8, 4) is 0 Å². The van der Waals surface area contributed by atoms with Crippen molar-refractivity contribution in [2.24, 2.45) is 5.41 Å². The molecule has 1 aliphatic rings. The number of ketones is 1. The highest BCUT2D eigenvalue weighted by atomic mass is 32.2. The molecule has 25 heavy (non-hydrogen) atoms. The van der Waals surface area contributed by atoms with E-state index in [0.717, 1.165) is 0 Å². The number of sulfone groups is 1. The van der Waals surface area contributed by atoms with Crippen molar-refractivity contribution in [2.75, 3.05) is 16.8 Å². The van der Waals surface area contributed by atoms with Crippen molar-refractivity contribution in [3.05, 3.63) is 29.8 Å². The van der Waals surface area contributed by atoms with Crippen LogP contribution in [-0.2, 0) is 19.4 Å². The topological polar surface area (TPSA) is 109 Å². The molecule has 8 heteroatoms. The predicted molar refractivity (Wildman–Crippen MR) is 94.1 cm³/mol. The van der Waals surface area contributed by atoms with Crippen LogP contribution in [0.2, 0.25) is 0 Å². The molecule has 1 heterocycles. The summed E-state index contributed by atoms with van der Waals surface area (Å²) in [5.41, 5.74) is -0.517. The molecule has 0 spiro atoms. The molecular weight excluding hydrogens is 344 g/mol. The Morgan fingerprint density at radius 3 is 2.40 bits per heavy atom. The van der Waals surface area contributed by atoms with Crippen molar-refractivity contribution in [2.45, 2.75) is 33.2 Å². The van der Waals surface area contributed by atoms with Gasteiger partial charge < -0.3 is 10.6 Å². The van der Waals surface area contributed by atoms with Gasteiger partial charge in [0.25, 0.3) is 0 Å². The highest BCUT2D eigenvalue weighted by Gasteiger charge is 2.39. The first-order chi connectivity index (χ1) is 11.5. The van der Waals surface area contributed by atoms with E-state index in [0.29, 0.717) is 17.7 Å². The minimum Gasteiger partial charge on any atom is -0.351 e. The maximum absolute atomic E-state index is 12.5. The second kappa shape index (κ2) is 6.95. The van der Waals surface area contributed by atoms with Gasteiger partial charge in [0, 0.05) is 17.3 Å². The van der Waals surface area contributed by atoms with Gasteiger partial charge in [0.05, 0.1) is 11.5 Å². The summed E-state index contributed by atoms with van der Waals surface area (Å²) < 4.78 is 23.0. The Morgan fingerprint density at radius 2 is 1.84 bits per heavy atom. The summed E-state index contributed by atoms with van der Waals surface area (Å²) in [7, 11) is -3.12. The number of hydrogen-bond donors (Lipinski definition) is 2. The average Bonchev–Trinajstić information content (AvgIpc) is 2.86. The zero-order chi connectivity index (χ0) is 18.8. The first-order valence-electron chi connectivity index (χ1n) is 7.95. The summed E-state index contributed by atoms with van der Waals surface area (Å²) in [4.78, 5) is 36.3. The molecule has 1 atom stereocenters. The molecule has 1 unspecified atom stereocenters. The lowest BCUT2D eigenvalue weighted by atomic mass is 9.90. The van der Waals surface area contributed by atoms with E-state index in [1.807, 2.05) is 0 Å². The second-order valence-corrected chi connectivity index (χ2v) is 9.02. The molecule has 1 fully saturated rings. The Bertz CT molecular complexity index is 814. The molecule has 1 aliphatic heterocycles. The third-order valence-corrected chi connectivity index (χ3v) is 6.00. The minimum absolute atomic E-state index is 0.0441. The molecule has 7 nitrogen and oxygen atoms in total. The zero-order valence-electron chi connectivity index (χ0n) is 14.5. The van der Waals surface area contributed by atoms with Gasteiger partial charge in [0.15, 0.2) is 15.6 Å². The van der Waals surface area contributed by atoms with E-state index in [9.17, 15) is 22.8 Å². The lowest BCUT2D eigenvalue weighted by Gasteiger charge is -2.24. The fourth-order valence-electron chi connectivity index (χ4n) is 2.48. The van der Waals surface area contributed by atoms with E-state index in [1.165, 1.54) is 26.8 Å². The number of rotatable bonds is 5. The molecule has 0 aromatic heterocycles. The average molecular weight is 366 g/mol. The predicted octanol–water partition coefficient (Wildman–Crippen LogP) is 1.16. The van der Waals surface area contributed by atoms with Gasteiger partial charge >= 0.3 is 0 Å². The Kier molecular flexibility index (Phi) is 5.31. The molecule has 0 saturated carbocycles. The molecule has 2 rings (SSSR count). The van der Waals surface area contributed by atoms with Gasteiger partial charge in [-0.1, -0.05) is 12.1 Å². The van der Waals surface area contributed by atoms with Crippen molar-refractivity contribution in [3.63, 3.8) is 0 Å². The standard InChI is InChI=1S/C17H22N2O5S/c1-11(20)12-5-4-6-13(9-12)18-15(21)17(2,3)16(22)19-14-7-8-25(23,24)10-14/h4-6,9,14H,7-8,10H2,1-3H3,(H,18,21)(H,19,22). The van der Waals surface area contributed by atoms with Gasteiger partial charge in [-0.15, -0.1) is 0 Å². The van der Waals surface area contributed by atoms with Crippen molar-refractivity contribution in [1.82, 2.24) is 5.32 Å². The molecular formula is C17H22N2O5S. The highest BCUT2D eigenvalue weighted by Crippen LogP contribution is 2.21. The monoisotopic (exact) mass is 366 g/mol. The molecule has 0 bridgehead atoms. The molecule has 2 N–H and O–H groups in total. The van der Waals surface area contributed by atoms with E-state index in [4.69, 9.17) is 0 Å². The normalized spacial score (nSPS) is 19.2. The number of hydrogen-bond acceptors (Lipinski definition) is 5. The summed E-state index contributed by atoms with van der Waals surface area (Å²) in [5.74, 6) is -1.25. The molecule has 0 aliphatic carbocycles. The first kappa shape index (κ1) is 19.1. The first-order valence-corrected chi connectivity index (χ1v) is 9.77. The Labute approximate surface area is 147 Å². The van der Waals surface area contributed by atoms with Crippen LogP contribution >= 0.6 is 0 Å². The van der Waals surface area contributed by atoms with Crippen LogP contribution in [0, 0.1) is 5.41 Å². The number of nitrogens with one attached hydrogen (secondary N) is 2. The van der Waals surface area contributed by atoms with Crippen LogP contribution in [-0.4, -0.2) is 43.6 Å². The van der Waals surface area contributed by atoms with Crippen LogP contribution in [0.3, 0.4) is 0 Å². The van der Waals surface area contributed by atoms with E-state index in [2.05, 4.69) is 10.6 Å². The fraction of sp³-hybridized carbons (Fsp3) is 0.471. The maximum atomic E-state index is 12.5. The van der Waals surface area contributed by atoms with Crippen LogP contribution < -0.4 is 10.6 Å². The molecule has 2 amide bonds. The molecule has 136 valence electrons. The fourth-order valence-corrected chi connectivity index (χ4v) is 4.15. The van der Waals surface area contributed by atoms with Crippen molar-refractivity contribution >= 4 is 33.1 Å². The Balaban J connectivity index is 2.05. The maximum Gasteiger partial charge on any atom is 0.239 e. The van der Waals surface area contributed by atoms with Crippen LogP contribution in [0.5, 0.6) is 0 Å². The third kappa shape index (κ3) is 4.66. The van der Waals surface area contributed by atoms with E-state index < -0.39 is 33.1 Å². The van der Waals surface area contributed by atoms with Gasteiger partial charge in [-0.3, -0.25) is 14.4 Å². The summed E-state index contributed by atoms with van der Waals surface area (Å²) in [6.45, 7) is 4.36. The number of amides is 2. The number of carbonyl (C=O) groups is 3. The second-order valence-electron chi connectivity index (χ2n) is 6.79. The van der Waals surface area contributed by atoms with Gasteiger partial charge in [0.2, 0.25) is 11.8 Å². The smallest absolute Gasteiger partial charge is 0.239 e. The minimum atomic E-state index is -3.12. The molecule has 1 aromatic rings. The number of benzene rings is 1. The van der Waals surface area contributed by atoms with Gasteiger partial charge in [0.1, 0.15) is 5.41 Å². The van der Waals surface area contributed by atoms with Crippen LogP contribution in [0.25, 0.3) is 0 Å². The van der Waals surface area contributed by atoms with E-state index >= 15 is 0 Å². The summed E-state index contributed by atoms with van der Waals surface area (Å²) in [6.07, 6.45) is 0.354. The van der Waals surface area contributed by atoms with Crippen molar-refractivity contribution in [1.29, 1.82) is 0 Å². The van der Waals surface area contributed by atoms with E-state index in [-0.39, 0.29) is 17.3 Å². The zero-order valence-corrected chi connectivity index (χ0v) is 15.3. The molecule has 0 radical (unpaired) electrons. The number of carbonyl (C=O) groups excluding carboxylic acids is 3. The summed E-state index contributed by atoms with van der Waals surface area (Å²) >= 11 is 0. The van der Waals surface area contributed by atoms with Gasteiger partial charge in [-0.05, 0) is 39.3 Å². The van der Waals surface area contributed by atoms with Crippen molar-refractivity contribution < 1.29 is 22.8 Å². The molecule has 1 saturated heterocycles. The lowest BCUT2D eigenvalue weighted by Crippen LogP contribution is -2.48. The summed E-state index contributed by atoms with van der Waals surface area (Å²) in [6, 6.07) is 5.98. The van der Waals surface area contributed by atoms with E-state index in [1.54, 1.807) is 18.2 Å². The van der Waals surface area contributed by atoms with Crippen LogP contribution in [0.1, 0.15) is 37.6 Å². The SMILES string of the molecule is CC(=O)c1cccc(NC(=O)C(C)(C)C(=O)NC2CCS(=O)(=O)C2)c1. The number of anilines is 1. The highest BCUT2D eigenvalue weighted by molar-refractivity contribution is 7.91. The third-order valence-electron chi connectivity index (χ3n) is 4.23. The molecule has 1 aromatic carbocycles. The van der Waals surface area contributed by atoms with Crippen LogP contribution in [0.15, 0.2) is 24.3 Å². The number of Topliss-reactive ketones (excluding diaryl/α,β-unsaturated/α-hetero) is 1. The largest absolute Gasteiger partial charge is 0.351 e.